The molecule has 4 nitrogen and oxygen atoms in total. The summed E-state index contributed by atoms with van der Waals surface area (Å²) in [5, 5.41) is 4.30. The minimum absolute atomic E-state index is 0.910. The predicted molar refractivity (Wildman–Crippen MR) is 107 cm³/mol. The van der Waals surface area contributed by atoms with Crippen LogP contribution in [-0.4, -0.2) is 79.7 Å². The van der Waals surface area contributed by atoms with Crippen molar-refractivity contribution in [1.82, 2.24) is 20.0 Å². The van der Waals surface area contributed by atoms with Crippen molar-refractivity contribution in [1.29, 1.82) is 0 Å². The fourth-order valence-electron chi connectivity index (χ4n) is 2.74. The molecule has 132 valence electrons. The largest absolute Gasteiger partial charge is 0.363 e. The monoisotopic (exact) mass is 346 g/mol. The van der Waals surface area contributed by atoms with Crippen molar-refractivity contribution in [3.05, 3.63) is 42.0 Å². The van der Waals surface area contributed by atoms with Crippen LogP contribution in [0.1, 0.15) is 12.0 Å². The van der Waals surface area contributed by atoms with Crippen LogP contribution in [0.3, 0.4) is 0 Å². The maximum atomic E-state index is 5.51. The summed E-state index contributed by atoms with van der Waals surface area (Å²) in [6.07, 6.45) is 5.57. The van der Waals surface area contributed by atoms with Crippen molar-refractivity contribution in [3.63, 3.8) is 0 Å². The normalized spacial score (nSPS) is 16.0. The van der Waals surface area contributed by atoms with Gasteiger partial charge in [-0.3, -0.25) is 4.90 Å². The Hall–Kier alpha value is -1.43. The zero-order chi connectivity index (χ0) is 17.2. The molecule has 2 rings (SSSR count). The minimum atomic E-state index is 0.910. The molecule has 0 saturated carbocycles. The molecule has 1 fully saturated rings. The summed E-state index contributed by atoms with van der Waals surface area (Å²) in [7, 11) is 4.20. The van der Waals surface area contributed by atoms with Gasteiger partial charge in [0.25, 0.3) is 0 Å². The van der Waals surface area contributed by atoms with E-state index < -0.39 is 0 Å². The molecule has 1 aliphatic rings. The van der Waals surface area contributed by atoms with Crippen LogP contribution in [0.15, 0.2) is 36.4 Å². The molecule has 1 heterocycles. The lowest BCUT2D eigenvalue weighted by atomic mass is 10.2. The molecule has 1 N–H and O–H groups in total. The highest BCUT2D eigenvalue weighted by Crippen LogP contribution is 2.05. The molecule has 0 unspecified atom stereocenters. The van der Waals surface area contributed by atoms with E-state index in [4.69, 9.17) is 12.2 Å². The van der Waals surface area contributed by atoms with Gasteiger partial charge in [-0.25, -0.2) is 0 Å². The van der Waals surface area contributed by atoms with Crippen LogP contribution >= 0.6 is 12.2 Å². The number of nitrogens with one attached hydrogen (secondary N) is 1. The molecule has 0 aromatic heterocycles. The first kappa shape index (κ1) is 18.9. The minimum Gasteiger partial charge on any atom is -0.363 e. The van der Waals surface area contributed by atoms with Gasteiger partial charge in [0.15, 0.2) is 5.11 Å². The average molecular weight is 347 g/mol. The van der Waals surface area contributed by atoms with Gasteiger partial charge in [0.2, 0.25) is 0 Å². The van der Waals surface area contributed by atoms with E-state index in [2.05, 4.69) is 70.5 Å². The van der Waals surface area contributed by atoms with Crippen LogP contribution in [0.4, 0.5) is 0 Å². The number of nitrogens with zero attached hydrogens (tertiary/aromatic N) is 3. The molecule has 0 radical (unpaired) electrons. The van der Waals surface area contributed by atoms with Gasteiger partial charge >= 0.3 is 0 Å². The third kappa shape index (κ3) is 6.99. The maximum Gasteiger partial charge on any atom is 0.169 e. The van der Waals surface area contributed by atoms with Gasteiger partial charge in [0, 0.05) is 39.3 Å². The molecule has 0 amide bonds. The van der Waals surface area contributed by atoms with Crippen molar-refractivity contribution < 1.29 is 0 Å². The van der Waals surface area contributed by atoms with Crippen molar-refractivity contribution in [3.8, 4) is 0 Å². The van der Waals surface area contributed by atoms with Gasteiger partial charge in [-0.2, -0.15) is 0 Å². The number of piperazine rings is 1. The first-order valence-corrected chi connectivity index (χ1v) is 9.17. The molecule has 0 aliphatic carbocycles. The van der Waals surface area contributed by atoms with E-state index in [1.807, 2.05) is 6.07 Å². The third-order valence-electron chi connectivity index (χ3n) is 4.19. The highest BCUT2D eigenvalue weighted by Gasteiger charge is 2.17. The highest BCUT2D eigenvalue weighted by molar-refractivity contribution is 7.80. The van der Waals surface area contributed by atoms with Crippen LogP contribution in [0.2, 0.25) is 0 Å². The molecular weight excluding hydrogens is 316 g/mol. The molecule has 1 aromatic carbocycles. The highest BCUT2D eigenvalue weighted by atomic mass is 32.1. The molecule has 1 aromatic rings. The van der Waals surface area contributed by atoms with E-state index in [0.717, 1.165) is 57.3 Å². The maximum absolute atomic E-state index is 5.51. The molecule has 24 heavy (non-hydrogen) atoms. The number of hydrogen-bond donors (Lipinski definition) is 1. The van der Waals surface area contributed by atoms with E-state index in [-0.39, 0.29) is 0 Å². The second-order valence-corrected chi connectivity index (χ2v) is 6.88. The Morgan fingerprint density at radius 2 is 1.88 bits per heavy atom. The third-order valence-corrected chi connectivity index (χ3v) is 4.59. The van der Waals surface area contributed by atoms with Crippen molar-refractivity contribution in [2.45, 2.75) is 6.42 Å². The van der Waals surface area contributed by atoms with E-state index >= 15 is 0 Å². The lowest BCUT2D eigenvalue weighted by molar-refractivity contribution is 0.197. The Kier molecular flexibility index (Phi) is 8.22. The van der Waals surface area contributed by atoms with E-state index in [1.54, 1.807) is 0 Å². The molecule has 1 aliphatic heterocycles. The van der Waals surface area contributed by atoms with Gasteiger partial charge in [-0.15, -0.1) is 0 Å². The molecular formula is C19H30N4S. The fraction of sp³-hybridized carbons (Fsp3) is 0.526. The summed E-state index contributed by atoms with van der Waals surface area (Å²) in [5.74, 6) is 0. The van der Waals surface area contributed by atoms with E-state index in [0.29, 0.717) is 0 Å². The Morgan fingerprint density at radius 1 is 1.17 bits per heavy atom. The average Bonchev–Trinajstić information content (AvgIpc) is 2.60. The summed E-state index contributed by atoms with van der Waals surface area (Å²) in [6.45, 7) is 7.22. The molecule has 0 bridgehead atoms. The summed E-state index contributed by atoms with van der Waals surface area (Å²) in [4.78, 5) is 6.97. The van der Waals surface area contributed by atoms with Crippen molar-refractivity contribution in [2.24, 2.45) is 0 Å². The van der Waals surface area contributed by atoms with Crippen molar-refractivity contribution in [2.75, 3.05) is 59.9 Å². The smallest absolute Gasteiger partial charge is 0.169 e. The predicted octanol–water partition coefficient (Wildman–Crippen LogP) is 2.14. The summed E-state index contributed by atoms with van der Waals surface area (Å²) >= 11 is 5.51. The van der Waals surface area contributed by atoms with Crippen LogP contribution < -0.4 is 5.32 Å². The second kappa shape index (κ2) is 10.4. The van der Waals surface area contributed by atoms with Gasteiger partial charge in [0.1, 0.15) is 0 Å². The lowest BCUT2D eigenvalue weighted by Crippen LogP contribution is -2.51. The van der Waals surface area contributed by atoms with Crippen LogP contribution in [-0.2, 0) is 0 Å². The quantitative estimate of drug-likeness (QED) is 0.602. The van der Waals surface area contributed by atoms with Gasteiger partial charge in [-0.1, -0.05) is 42.5 Å². The molecule has 1 saturated heterocycles. The number of thiocarbonyl (C=S) groups is 1. The Balaban J connectivity index is 1.62. The lowest BCUT2D eigenvalue weighted by Gasteiger charge is -2.35. The number of benzene rings is 1. The molecule has 5 heteroatoms. The fourth-order valence-corrected chi connectivity index (χ4v) is 3.02. The zero-order valence-corrected chi connectivity index (χ0v) is 15.8. The van der Waals surface area contributed by atoms with Gasteiger partial charge in [0.05, 0.1) is 0 Å². The summed E-state index contributed by atoms with van der Waals surface area (Å²) < 4.78 is 0. The summed E-state index contributed by atoms with van der Waals surface area (Å²) in [6, 6.07) is 10.5. The molecule has 0 spiro atoms. The van der Waals surface area contributed by atoms with Gasteiger partial charge in [-0.05, 0) is 44.8 Å². The SMILES string of the molecule is CN(C)CCCNC(=S)N1CCN(C/C=C/c2ccccc2)CC1. The van der Waals surface area contributed by atoms with Crippen molar-refractivity contribution >= 4 is 23.4 Å². The Morgan fingerprint density at radius 3 is 2.54 bits per heavy atom. The van der Waals surface area contributed by atoms with Crippen LogP contribution in [0, 0.1) is 0 Å². The second-order valence-electron chi connectivity index (χ2n) is 6.49. The Labute approximate surface area is 152 Å². The standard InChI is InChI=1S/C19H30N4S/c1-21(2)12-7-11-20-19(24)23-16-14-22(15-17-23)13-6-10-18-8-4-3-5-9-18/h3-6,8-10H,7,11-17H2,1-2H3,(H,20,24)/b10-6+. The van der Waals surface area contributed by atoms with Crippen LogP contribution in [0.25, 0.3) is 6.08 Å². The van der Waals surface area contributed by atoms with E-state index in [9.17, 15) is 0 Å². The zero-order valence-electron chi connectivity index (χ0n) is 14.9. The number of hydrogen-bond acceptors (Lipinski definition) is 3. The Bertz CT molecular complexity index is 507. The van der Waals surface area contributed by atoms with Crippen LogP contribution in [0.5, 0.6) is 0 Å². The first-order chi connectivity index (χ1) is 11.6. The molecule has 0 atom stereocenters. The van der Waals surface area contributed by atoms with Gasteiger partial charge < -0.3 is 15.1 Å². The number of rotatable bonds is 7. The topological polar surface area (TPSA) is 21.8 Å². The van der Waals surface area contributed by atoms with E-state index in [1.165, 1.54) is 5.56 Å². The summed E-state index contributed by atoms with van der Waals surface area (Å²) in [5.41, 5.74) is 1.26. The first-order valence-electron chi connectivity index (χ1n) is 8.76.